The molecule has 3 nitrogen and oxygen atoms in total. The highest BCUT2D eigenvalue weighted by Crippen LogP contribution is 2.65. The van der Waals surface area contributed by atoms with Gasteiger partial charge in [0.1, 0.15) is 27.6 Å². The summed E-state index contributed by atoms with van der Waals surface area (Å²) in [5.74, 6) is -9.09. The lowest BCUT2D eigenvalue weighted by atomic mass is 10.0. The van der Waals surface area contributed by atoms with Gasteiger partial charge in [0.05, 0.1) is 22.2 Å². The summed E-state index contributed by atoms with van der Waals surface area (Å²) in [5, 5.41) is 2.02. The van der Waals surface area contributed by atoms with Crippen LogP contribution >= 0.6 is 34.8 Å². The number of carbonyl (C=O) groups excluding carboxylic acids is 2. The molecular weight excluding hydrogens is 536 g/mol. The fraction of sp³-hybridized carbons (Fsp3) is 0.167. The van der Waals surface area contributed by atoms with Gasteiger partial charge in [0.2, 0.25) is 5.91 Å². The van der Waals surface area contributed by atoms with Gasteiger partial charge >= 0.3 is 0 Å². The second-order valence-electron chi connectivity index (χ2n) is 7.91. The molecule has 1 saturated carbocycles. The molecule has 0 radical (unpaired) electrons. The van der Waals surface area contributed by atoms with Crippen molar-refractivity contribution in [2.45, 2.75) is 16.7 Å². The molecule has 3 aromatic carbocycles. The average molecular weight is 549 g/mol. The van der Waals surface area contributed by atoms with E-state index in [9.17, 15) is 27.2 Å². The van der Waals surface area contributed by atoms with E-state index in [2.05, 4.69) is 5.32 Å². The molecule has 1 amide bonds. The standard InChI is InChI=1S/C24H13Cl3F5NO2/c25-13-7-11(2-4-14(13)29)20-21(24(20,26)27)23(35)33-17-6-5-15(30)19(22(17)32)18(34)8-10-1-3-12(28)9-16(10)31/h1-7,9,20-21H,8H2,(H,33,35). The van der Waals surface area contributed by atoms with Crippen LogP contribution < -0.4 is 5.32 Å². The van der Waals surface area contributed by atoms with E-state index in [-0.39, 0.29) is 10.6 Å². The highest BCUT2D eigenvalue weighted by Gasteiger charge is 2.67. The summed E-state index contributed by atoms with van der Waals surface area (Å²) in [6.07, 6.45) is -0.750. The smallest absolute Gasteiger partial charge is 0.231 e. The molecule has 3 aromatic rings. The Morgan fingerprint density at radius 2 is 1.57 bits per heavy atom. The van der Waals surface area contributed by atoms with Gasteiger partial charge in [0, 0.05) is 18.4 Å². The number of anilines is 1. The molecular formula is C24H13Cl3F5NO2. The van der Waals surface area contributed by atoms with Gasteiger partial charge in [-0.2, -0.15) is 0 Å². The molecule has 2 unspecified atom stereocenters. The van der Waals surface area contributed by atoms with Gasteiger partial charge < -0.3 is 5.32 Å². The lowest BCUT2D eigenvalue weighted by Gasteiger charge is -2.11. The van der Waals surface area contributed by atoms with Gasteiger partial charge in [-0.05, 0) is 41.5 Å². The zero-order chi connectivity index (χ0) is 25.7. The molecule has 0 bridgehead atoms. The molecule has 1 fully saturated rings. The molecule has 182 valence electrons. The van der Waals surface area contributed by atoms with Crippen LogP contribution in [-0.2, 0) is 11.2 Å². The first-order valence-electron chi connectivity index (χ1n) is 10.0. The van der Waals surface area contributed by atoms with Crippen molar-refractivity contribution in [1.82, 2.24) is 0 Å². The Balaban J connectivity index is 1.56. The third-order valence-corrected chi connectivity index (χ3v) is 6.86. The number of rotatable bonds is 6. The van der Waals surface area contributed by atoms with Crippen molar-refractivity contribution >= 4 is 52.2 Å². The van der Waals surface area contributed by atoms with Gasteiger partial charge in [-0.3, -0.25) is 9.59 Å². The Morgan fingerprint density at radius 1 is 0.886 bits per heavy atom. The van der Waals surface area contributed by atoms with Crippen LogP contribution in [0.5, 0.6) is 0 Å². The van der Waals surface area contributed by atoms with Crippen LogP contribution in [0.4, 0.5) is 27.6 Å². The van der Waals surface area contributed by atoms with Gasteiger partial charge in [-0.1, -0.05) is 23.7 Å². The zero-order valence-electron chi connectivity index (χ0n) is 17.3. The number of alkyl halides is 2. The molecule has 0 aliphatic heterocycles. The molecule has 0 heterocycles. The van der Waals surface area contributed by atoms with E-state index in [1.54, 1.807) is 0 Å². The highest BCUT2D eigenvalue weighted by molar-refractivity contribution is 6.53. The number of hydrogen-bond donors (Lipinski definition) is 1. The van der Waals surface area contributed by atoms with Crippen LogP contribution in [0, 0.1) is 35.0 Å². The van der Waals surface area contributed by atoms with E-state index in [0.29, 0.717) is 11.6 Å². The Hall–Kier alpha value is -2.68. The molecule has 2 atom stereocenters. The molecule has 1 N–H and O–H groups in total. The van der Waals surface area contributed by atoms with E-state index < -0.39 is 74.6 Å². The third-order valence-electron chi connectivity index (χ3n) is 5.63. The summed E-state index contributed by atoms with van der Waals surface area (Å²) in [4.78, 5) is 25.3. The van der Waals surface area contributed by atoms with Crippen LogP contribution in [0.1, 0.15) is 27.4 Å². The van der Waals surface area contributed by atoms with E-state index in [1.165, 1.54) is 12.1 Å². The third kappa shape index (κ3) is 4.87. The topological polar surface area (TPSA) is 46.2 Å². The van der Waals surface area contributed by atoms with Crippen molar-refractivity contribution in [2.24, 2.45) is 5.92 Å². The number of benzene rings is 3. The first-order valence-corrected chi connectivity index (χ1v) is 11.1. The van der Waals surface area contributed by atoms with Gasteiger partial charge in [0.15, 0.2) is 11.6 Å². The Morgan fingerprint density at radius 3 is 2.23 bits per heavy atom. The summed E-state index contributed by atoms with van der Waals surface area (Å²) < 4.78 is 68.2. The van der Waals surface area contributed by atoms with E-state index in [0.717, 1.165) is 30.3 Å². The normalized spacial score (nSPS) is 18.3. The maximum absolute atomic E-state index is 15.1. The molecule has 1 aliphatic carbocycles. The van der Waals surface area contributed by atoms with Crippen molar-refractivity contribution < 1.29 is 31.5 Å². The first kappa shape index (κ1) is 25.4. The summed E-state index contributed by atoms with van der Waals surface area (Å²) in [6.45, 7) is 0. The maximum atomic E-state index is 15.1. The predicted molar refractivity (Wildman–Crippen MR) is 121 cm³/mol. The first-order chi connectivity index (χ1) is 16.4. The number of nitrogens with one attached hydrogen (secondary N) is 1. The number of ketones is 1. The molecule has 11 heteroatoms. The molecule has 35 heavy (non-hydrogen) atoms. The second-order valence-corrected chi connectivity index (χ2v) is 9.76. The molecule has 0 spiro atoms. The van der Waals surface area contributed by atoms with Crippen molar-refractivity contribution in [3.05, 3.63) is 99.3 Å². The SMILES string of the molecule is O=C(Cc1ccc(F)cc1F)c1c(F)ccc(NC(=O)C2C(c3ccc(F)c(Cl)c3)C2(Cl)Cl)c1F. The van der Waals surface area contributed by atoms with Crippen LogP contribution in [0.3, 0.4) is 0 Å². The summed E-state index contributed by atoms with van der Waals surface area (Å²) >= 11 is 18.2. The second kappa shape index (κ2) is 9.41. The van der Waals surface area contributed by atoms with Crippen molar-refractivity contribution in [3.63, 3.8) is 0 Å². The van der Waals surface area contributed by atoms with E-state index in [1.807, 2.05) is 0 Å². The Bertz CT molecular complexity index is 1370. The Labute approximate surface area is 210 Å². The van der Waals surface area contributed by atoms with Crippen LogP contribution in [0.25, 0.3) is 0 Å². The summed E-state index contributed by atoms with van der Waals surface area (Å²) in [5.41, 5.74) is -1.44. The maximum Gasteiger partial charge on any atom is 0.231 e. The lowest BCUT2D eigenvalue weighted by molar-refractivity contribution is -0.117. The quantitative estimate of drug-likeness (QED) is 0.205. The minimum atomic E-state index is -1.61. The number of halogens is 8. The van der Waals surface area contributed by atoms with Crippen LogP contribution in [-0.4, -0.2) is 16.0 Å². The number of Topliss-reactive ketones (excluding diaryl/α,β-unsaturated/α-hetero) is 1. The monoisotopic (exact) mass is 547 g/mol. The lowest BCUT2D eigenvalue weighted by Crippen LogP contribution is -2.19. The summed E-state index contributed by atoms with van der Waals surface area (Å²) in [6, 6.07) is 7.77. The molecule has 1 aliphatic rings. The van der Waals surface area contributed by atoms with Crippen molar-refractivity contribution in [1.29, 1.82) is 0 Å². The minimum absolute atomic E-state index is 0.206. The van der Waals surface area contributed by atoms with Crippen LogP contribution in [0.15, 0.2) is 48.5 Å². The zero-order valence-corrected chi connectivity index (χ0v) is 19.6. The number of amides is 1. The molecule has 0 saturated heterocycles. The predicted octanol–water partition coefficient (Wildman–Crippen LogP) is 6.99. The van der Waals surface area contributed by atoms with E-state index >= 15 is 4.39 Å². The Kier molecular flexibility index (Phi) is 6.83. The highest BCUT2D eigenvalue weighted by atomic mass is 35.5. The average Bonchev–Trinajstić information content (AvgIpc) is 3.36. The summed E-state index contributed by atoms with van der Waals surface area (Å²) in [7, 11) is 0. The van der Waals surface area contributed by atoms with Gasteiger partial charge in [-0.15, -0.1) is 23.2 Å². The van der Waals surface area contributed by atoms with Gasteiger partial charge in [-0.25, -0.2) is 22.0 Å². The fourth-order valence-corrected chi connectivity index (χ4v) is 4.83. The largest absolute Gasteiger partial charge is 0.323 e. The molecule has 4 rings (SSSR count). The number of hydrogen-bond acceptors (Lipinski definition) is 2. The van der Waals surface area contributed by atoms with Crippen LogP contribution in [0.2, 0.25) is 5.02 Å². The fourth-order valence-electron chi connectivity index (χ4n) is 3.82. The van der Waals surface area contributed by atoms with Crippen molar-refractivity contribution in [3.8, 4) is 0 Å². The van der Waals surface area contributed by atoms with E-state index in [4.69, 9.17) is 34.8 Å². The number of carbonyl (C=O) groups is 2. The van der Waals surface area contributed by atoms with Gasteiger partial charge in [0.25, 0.3) is 0 Å². The molecule has 0 aromatic heterocycles. The minimum Gasteiger partial charge on any atom is -0.323 e. The van der Waals surface area contributed by atoms with Crippen molar-refractivity contribution in [2.75, 3.05) is 5.32 Å².